The first kappa shape index (κ1) is 10.6. The molecule has 16 heavy (non-hydrogen) atoms. The molecule has 5 nitrogen and oxygen atoms in total. The van der Waals surface area contributed by atoms with E-state index in [1.165, 1.54) is 0 Å². The molecule has 3 N–H and O–H groups in total. The lowest BCUT2D eigenvalue weighted by atomic mass is 10.0. The van der Waals surface area contributed by atoms with E-state index in [4.69, 9.17) is 5.73 Å². The lowest BCUT2D eigenvalue weighted by Gasteiger charge is -2.11. The minimum Gasteiger partial charge on any atom is -0.383 e. The average Bonchev–Trinajstić information content (AvgIpc) is 2.67. The van der Waals surface area contributed by atoms with Gasteiger partial charge in [-0.15, -0.1) is 0 Å². The highest BCUT2D eigenvalue weighted by Crippen LogP contribution is 2.25. The number of nitrogens with two attached hydrogens (primary N) is 1. The minimum absolute atomic E-state index is 0.349. The summed E-state index contributed by atoms with van der Waals surface area (Å²) in [6, 6.07) is 1.83. The van der Waals surface area contributed by atoms with Gasteiger partial charge in [0.25, 0.3) is 0 Å². The molecule has 0 bridgehead atoms. The van der Waals surface area contributed by atoms with E-state index in [0.717, 1.165) is 5.56 Å². The zero-order chi connectivity index (χ0) is 11.7. The number of anilines is 1. The standard InChI is InChI=1S/C11H14N4O/c1-7-3-9(11(12)13-4-7)10(16)8-5-14-15(2)6-8/h3-6,10,16H,1-2H3,(H2,12,13). The van der Waals surface area contributed by atoms with Gasteiger partial charge in [-0.05, 0) is 18.6 Å². The number of pyridine rings is 1. The molecular formula is C11H14N4O. The Morgan fingerprint density at radius 1 is 1.44 bits per heavy atom. The zero-order valence-corrected chi connectivity index (χ0v) is 9.25. The Morgan fingerprint density at radius 2 is 2.19 bits per heavy atom. The first-order valence-electron chi connectivity index (χ1n) is 4.96. The topological polar surface area (TPSA) is 77.0 Å². The van der Waals surface area contributed by atoms with Crippen LogP contribution in [0, 0.1) is 6.92 Å². The maximum absolute atomic E-state index is 10.1. The van der Waals surface area contributed by atoms with Crippen LogP contribution in [-0.4, -0.2) is 19.9 Å². The number of hydrogen-bond donors (Lipinski definition) is 2. The largest absolute Gasteiger partial charge is 0.383 e. The molecule has 0 amide bonds. The van der Waals surface area contributed by atoms with E-state index in [1.54, 1.807) is 30.3 Å². The van der Waals surface area contributed by atoms with Gasteiger partial charge in [-0.25, -0.2) is 4.98 Å². The molecule has 0 saturated carbocycles. The molecular weight excluding hydrogens is 204 g/mol. The Labute approximate surface area is 93.5 Å². The third kappa shape index (κ3) is 1.90. The van der Waals surface area contributed by atoms with Crippen LogP contribution in [0.5, 0.6) is 0 Å². The highest BCUT2D eigenvalue weighted by atomic mass is 16.3. The van der Waals surface area contributed by atoms with Crippen LogP contribution >= 0.6 is 0 Å². The van der Waals surface area contributed by atoms with Gasteiger partial charge in [0.2, 0.25) is 0 Å². The van der Waals surface area contributed by atoms with Crippen molar-refractivity contribution in [2.45, 2.75) is 13.0 Å². The Morgan fingerprint density at radius 3 is 2.81 bits per heavy atom. The Hall–Kier alpha value is -1.88. The van der Waals surface area contributed by atoms with Gasteiger partial charge in [-0.1, -0.05) is 0 Å². The van der Waals surface area contributed by atoms with Crippen LogP contribution in [-0.2, 0) is 7.05 Å². The summed E-state index contributed by atoms with van der Waals surface area (Å²) in [6.45, 7) is 1.91. The van der Waals surface area contributed by atoms with Crippen molar-refractivity contribution in [3.63, 3.8) is 0 Å². The lowest BCUT2D eigenvalue weighted by molar-refractivity contribution is 0.220. The van der Waals surface area contributed by atoms with Crippen molar-refractivity contribution in [1.29, 1.82) is 0 Å². The number of aliphatic hydroxyl groups is 1. The molecule has 0 spiro atoms. The molecule has 2 aromatic heterocycles. The first-order chi connectivity index (χ1) is 7.58. The molecule has 0 saturated heterocycles. The summed E-state index contributed by atoms with van der Waals surface area (Å²) in [4.78, 5) is 4.02. The summed E-state index contributed by atoms with van der Waals surface area (Å²) in [7, 11) is 1.80. The van der Waals surface area contributed by atoms with Crippen LogP contribution in [0.4, 0.5) is 5.82 Å². The van der Waals surface area contributed by atoms with Gasteiger partial charge in [-0.2, -0.15) is 5.10 Å². The van der Waals surface area contributed by atoms with Gasteiger partial charge < -0.3 is 10.8 Å². The summed E-state index contributed by atoms with van der Waals surface area (Å²) in [5, 5.41) is 14.1. The number of rotatable bonds is 2. The maximum atomic E-state index is 10.1. The van der Waals surface area contributed by atoms with Gasteiger partial charge in [0.05, 0.1) is 6.20 Å². The Balaban J connectivity index is 2.40. The summed E-state index contributed by atoms with van der Waals surface area (Å²) in [6.07, 6.45) is 4.27. The highest BCUT2D eigenvalue weighted by molar-refractivity contribution is 5.45. The average molecular weight is 218 g/mol. The smallest absolute Gasteiger partial charge is 0.129 e. The molecule has 2 heterocycles. The third-order valence-corrected chi connectivity index (χ3v) is 2.42. The molecule has 2 rings (SSSR count). The molecule has 84 valence electrons. The molecule has 1 atom stereocenters. The number of hydrogen-bond acceptors (Lipinski definition) is 4. The number of aromatic nitrogens is 3. The minimum atomic E-state index is -0.777. The fraction of sp³-hybridized carbons (Fsp3) is 0.273. The number of nitrogens with zero attached hydrogens (tertiary/aromatic N) is 3. The van der Waals surface area contributed by atoms with Gasteiger partial charge in [0.1, 0.15) is 11.9 Å². The van der Waals surface area contributed by atoms with Crippen molar-refractivity contribution in [1.82, 2.24) is 14.8 Å². The molecule has 0 aliphatic rings. The predicted octanol–water partition coefficient (Wildman–Crippen LogP) is 0.787. The van der Waals surface area contributed by atoms with E-state index in [9.17, 15) is 5.11 Å². The van der Waals surface area contributed by atoms with Crippen molar-refractivity contribution >= 4 is 5.82 Å². The first-order valence-corrected chi connectivity index (χ1v) is 4.96. The van der Waals surface area contributed by atoms with E-state index in [-0.39, 0.29) is 0 Å². The molecule has 0 aliphatic heterocycles. The number of aliphatic hydroxyl groups excluding tert-OH is 1. The Kier molecular flexibility index (Phi) is 2.62. The number of nitrogen functional groups attached to an aromatic ring is 1. The second kappa shape index (κ2) is 3.94. The van der Waals surface area contributed by atoms with E-state index in [1.807, 2.05) is 13.0 Å². The molecule has 0 radical (unpaired) electrons. The van der Waals surface area contributed by atoms with Gasteiger partial charge in [-0.3, -0.25) is 4.68 Å². The molecule has 0 aromatic carbocycles. The fourth-order valence-electron chi connectivity index (χ4n) is 1.58. The van der Waals surface area contributed by atoms with E-state index in [0.29, 0.717) is 16.9 Å². The molecule has 5 heteroatoms. The van der Waals surface area contributed by atoms with E-state index >= 15 is 0 Å². The lowest BCUT2D eigenvalue weighted by Crippen LogP contribution is -2.05. The van der Waals surface area contributed by atoms with Crippen molar-refractivity contribution in [3.05, 3.63) is 41.3 Å². The van der Waals surface area contributed by atoms with Crippen molar-refractivity contribution in [2.24, 2.45) is 7.05 Å². The van der Waals surface area contributed by atoms with Crippen LogP contribution < -0.4 is 5.73 Å². The van der Waals surface area contributed by atoms with Gasteiger partial charge >= 0.3 is 0 Å². The highest BCUT2D eigenvalue weighted by Gasteiger charge is 2.15. The van der Waals surface area contributed by atoms with E-state index < -0.39 is 6.10 Å². The van der Waals surface area contributed by atoms with Crippen molar-refractivity contribution in [3.8, 4) is 0 Å². The molecule has 0 fully saturated rings. The van der Waals surface area contributed by atoms with Crippen LogP contribution in [0.25, 0.3) is 0 Å². The third-order valence-electron chi connectivity index (χ3n) is 2.42. The summed E-state index contributed by atoms with van der Waals surface area (Å²) < 4.78 is 1.64. The van der Waals surface area contributed by atoms with Crippen molar-refractivity contribution < 1.29 is 5.11 Å². The second-order valence-electron chi connectivity index (χ2n) is 3.84. The monoisotopic (exact) mass is 218 g/mol. The van der Waals surface area contributed by atoms with Crippen LogP contribution in [0.15, 0.2) is 24.7 Å². The van der Waals surface area contributed by atoms with Crippen LogP contribution in [0.3, 0.4) is 0 Å². The molecule has 2 aromatic rings. The maximum Gasteiger partial charge on any atom is 0.129 e. The summed E-state index contributed by atoms with van der Waals surface area (Å²) in [5.41, 5.74) is 8.03. The van der Waals surface area contributed by atoms with Crippen molar-refractivity contribution in [2.75, 3.05) is 5.73 Å². The summed E-state index contributed by atoms with van der Waals surface area (Å²) in [5.74, 6) is 0.349. The predicted molar refractivity (Wildman–Crippen MR) is 60.7 cm³/mol. The Bertz CT molecular complexity index is 506. The fourth-order valence-corrected chi connectivity index (χ4v) is 1.58. The second-order valence-corrected chi connectivity index (χ2v) is 3.84. The zero-order valence-electron chi connectivity index (χ0n) is 9.25. The normalized spacial score (nSPS) is 12.7. The van der Waals surface area contributed by atoms with Crippen LogP contribution in [0.2, 0.25) is 0 Å². The SMILES string of the molecule is Cc1cnc(N)c(C(O)c2cnn(C)c2)c1. The molecule has 0 aliphatic carbocycles. The number of aryl methyl sites for hydroxylation is 2. The van der Waals surface area contributed by atoms with E-state index in [2.05, 4.69) is 10.1 Å². The summed E-state index contributed by atoms with van der Waals surface area (Å²) >= 11 is 0. The van der Waals surface area contributed by atoms with Gasteiger partial charge in [0.15, 0.2) is 0 Å². The van der Waals surface area contributed by atoms with Crippen LogP contribution in [0.1, 0.15) is 22.8 Å². The van der Waals surface area contributed by atoms with Gasteiger partial charge in [0, 0.05) is 30.6 Å². The quantitative estimate of drug-likeness (QED) is 0.781. The molecule has 1 unspecified atom stereocenters.